The Bertz CT molecular complexity index is 430. The molecule has 0 amide bonds. The van der Waals surface area contributed by atoms with Crippen LogP contribution in [0.3, 0.4) is 0 Å². The maximum absolute atomic E-state index is 9.31. The van der Waals surface area contributed by atoms with E-state index in [0.29, 0.717) is 0 Å². The van der Waals surface area contributed by atoms with Crippen LogP contribution in [-0.4, -0.2) is 0 Å². The molecule has 0 saturated heterocycles. The van der Waals surface area contributed by atoms with Crippen molar-refractivity contribution in [3.63, 3.8) is 0 Å². The fraction of sp³-hybridized carbons (Fsp3) is 0.333. The van der Waals surface area contributed by atoms with Crippen LogP contribution in [0.1, 0.15) is 44.4 Å². The number of hydrogen-bond acceptors (Lipinski definition) is 1. The first-order valence-corrected chi connectivity index (χ1v) is 5.41. The van der Waals surface area contributed by atoms with Crippen molar-refractivity contribution in [2.45, 2.75) is 33.1 Å². The van der Waals surface area contributed by atoms with E-state index in [1.165, 1.54) is 0 Å². The molecule has 0 aliphatic rings. The molecule has 1 rings (SSSR count). The summed E-state index contributed by atoms with van der Waals surface area (Å²) in [6, 6.07) is 8.32. The van der Waals surface area contributed by atoms with Gasteiger partial charge in [0.25, 0.3) is 0 Å². The number of nitrogens with zero attached hydrogens (tertiary/aromatic N) is 1. The van der Waals surface area contributed by atoms with Gasteiger partial charge in [0, 0.05) is 5.92 Å². The Labute approximate surface area is 98.4 Å². The third kappa shape index (κ3) is 2.33. The molecule has 0 unspecified atom stereocenters. The minimum atomic E-state index is -0.0114. The predicted molar refractivity (Wildman–Crippen MR) is 68.1 cm³/mol. The van der Waals surface area contributed by atoms with Gasteiger partial charge in [0.05, 0.1) is 11.6 Å². The van der Waals surface area contributed by atoms with Crippen molar-refractivity contribution in [1.82, 2.24) is 0 Å². The van der Waals surface area contributed by atoms with Crippen molar-refractivity contribution in [2.24, 2.45) is 0 Å². The third-order valence-electron chi connectivity index (χ3n) is 2.72. The van der Waals surface area contributed by atoms with E-state index in [1.54, 1.807) is 6.08 Å². The molecule has 0 atom stereocenters. The van der Waals surface area contributed by atoms with E-state index in [4.69, 9.17) is 0 Å². The van der Waals surface area contributed by atoms with Crippen LogP contribution in [0.15, 0.2) is 30.9 Å². The highest BCUT2D eigenvalue weighted by molar-refractivity contribution is 5.54. The van der Waals surface area contributed by atoms with Gasteiger partial charge in [0.15, 0.2) is 0 Å². The summed E-state index contributed by atoms with van der Waals surface area (Å²) in [6.07, 6.45) is 1.79. The largest absolute Gasteiger partial charge is 0.192 e. The lowest BCUT2D eigenvalue weighted by Gasteiger charge is -2.22. The minimum Gasteiger partial charge on any atom is -0.192 e. The summed E-state index contributed by atoms with van der Waals surface area (Å²) < 4.78 is 0. The van der Waals surface area contributed by atoms with Gasteiger partial charge in [0.1, 0.15) is 0 Å². The van der Waals surface area contributed by atoms with Crippen LogP contribution in [0.5, 0.6) is 0 Å². The standard InChI is InChI=1S/C15H18N/c1-6-11(2)12-8-7-9-14(13(12)10-16)15(3,4)5/h6-9H,1H2,2-5H3. The summed E-state index contributed by atoms with van der Waals surface area (Å²) >= 11 is 0. The Morgan fingerprint density at radius 3 is 2.44 bits per heavy atom. The Balaban J connectivity index is 3.45. The lowest BCUT2D eigenvalue weighted by molar-refractivity contribution is 0.588. The van der Waals surface area contributed by atoms with Gasteiger partial charge in [0.2, 0.25) is 0 Å². The second-order valence-electron chi connectivity index (χ2n) is 4.98. The predicted octanol–water partition coefficient (Wildman–Crippen LogP) is 3.98. The zero-order valence-corrected chi connectivity index (χ0v) is 10.5. The van der Waals surface area contributed by atoms with Crippen molar-refractivity contribution in [3.05, 3.63) is 53.5 Å². The highest BCUT2D eigenvalue weighted by atomic mass is 14.3. The van der Waals surface area contributed by atoms with E-state index >= 15 is 0 Å². The number of benzene rings is 1. The van der Waals surface area contributed by atoms with Crippen LogP contribution >= 0.6 is 0 Å². The second kappa shape index (κ2) is 4.53. The zero-order chi connectivity index (χ0) is 12.3. The van der Waals surface area contributed by atoms with Crippen molar-refractivity contribution in [2.75, 3.05) is 0 Å². The second-order valence-corrected chi connectivity index (χ2v) is 4.98. The molecule has 16 heavy (non-hydrogen) atoms. The average Bonchev–Trinajstić information content (AvgIpc) is 2.25. The maximum Gasteiger partial charge on any atom is 0.0998 e. The van der Waals surface area contributed by atoms with Gasteiger partial charge in [-0.15, -0.1) is 6.58 Å². The van der Waals surface area contributed by atoms with Crippen molar-refractivity contribution < 1.29 is 0 Å². The summed E-state index contributed by atoms with van der Waals surface area (Å²) in [5.41, 5.74) is 2.84. The lowest BCUT2D eigenvalue weighted by atomic mass is 9.80. The summed E-state index contributed by atoms with van der Waals surface area (Å²) in [6.45, 7) is 12.1. The van der Waals surface area contributed by atoms with Crippen LogP contribution in [0.2, 0.25) is 0 Å². The van der Waals surface area contributed by atoms with E-state index in [1.807, 2.05) is 25.1 Å². The molecule has 1 aromatic rings. The van der Waals surface area contributed by atoms with E-state index in [2.05, 4.69) is 33.4 Å². The van der Waals surface area contributed by atoms with Gasteiger partial charge in [-0.05, 0) is 16.5 Å². The lowest BCUT2D eigenvalue weighted by Crippen LogP contribution is -2.15. The van der Waals surface area contributed by atoms with Crippen LogP contribution in [-0.2, 0) is 5.41 Å². The first kappa shape index (κ1) is 12.5. The normalized spacial score (nSPS) is 11.2. The third-order valence-corrected chi connectivity index (χ3v) is 2.72. The fourth-order valence-electron chi connectivity index (χ4n) is 1.74. The maximum atomic E-state index is 9.31. The molecule has 0 fully saturated rings. The van der Waals surface area contributed by atoms with Gasteiger partial charge in [-0.25, -0.2) is 0 Å². The van der Waals surface area contributed by atoms with Gasteiger partial charge in [-0.3, -0.25) is 0 Å². The molecule has 0 bridgehead atoms. The number of rotatable bonds is 2. The Kier molecular flexibility index (Phi) is 3.55. The zero-order valence-electron chi connectivity index (χ0n) is 10.5. The smallest absolute Gasteiger partial charge is 0.0998 e. The Morgan fingerprint density at radius 1 is 1.38 bits per heavy atom. The van der Waals surface area contributed by atoms with Crippen LogP contribution in [0.25, 0.3) is 0 Å². The SMILES string of the molecule is C=C[C](C)c1cccc(C(C)(C)C)c1C#N. The monoisotopic (exact) mass is 212 g/mol. The van der Waals surface area contributed by atoms with E-state index in [-0.39, 0.29) is 5.41 Å². The molecule has 1 heteroatoms. The summed E-state index contributed by atoms with van der Waals surface area (Å²) in [5, 5.41) is 9.31. The molecule has 0 heterocycles. The van der Waals surface area contributed by atoms with Gasteiger partial charge < -0.3 is 0 Å². The molecule has 83 valence electrons. The summed E-state index contributed by atoms with van der Waals surface area (Å²) in [5.74, 6) is 1.04. The van der Waals surface area contributed by atoms with Crippen molar-refractivity contribution in [1.29, 1.82) is 5.26 Å². The van der Waals surface area contributed by atoms with Crippen molar-refractivity contribution >= 4 is 0 Å². The number of allylic oxidation sites excluding steroid dienone is 1. The fourth-order valence-corrected chi connectivity index (χ4v) is 1.74. The molecule has 0 spiro atoms. The molecule has 0 aromatic heterocycles. The highest BCUT2D eigenvalue weighted by Gasteiger charge is 2.21. The quantitative estimate of drug-likeness (QED) is 0.727. The molecule has 1 aromatic carbocycles. The molecule has 1 radical (unpaired) electrons. The molecule has 1 nitrogen and oxygen atoms in total. The molecular formula is C15H18N. The summed E-state index contributed by atoms with van der Waals surface area (Å²) in [7, 11) is 0. The molecular weight excluding hydrogens is 194 g/mol. The van der Waals surface area contributed by atoms with Crippen molar-refractivity contribution in [3.8, 4) is 6.07 Å². The average molecular weight is 212 g/mol. The van der Waals surface area contributed by atoms with E-state index in [0.717, 1.165) is 22.6 Å². The highest BCUT2D eigenvalue weighted by Crippen LogP contribution is 2.30. The first-order valence-electron chi connectivity index (χ1n) is 5.41. The minimum absolute atomic E-state index is 0.0114. The molecule has 0 aliphatic heterocycles. The van der Waals surface area contributed by atoms with Gasteiger partial charge >= 0.3 is 0 Å². The van der Waals surface area contributed by atoms with E-state index < -0.39 is 0 Å². The van der Waals surface area contributed by atoms with Gasteiger partial charge in [-0.2, -0.15) is 5.26 Å². The first-order chi connectivity index (χ1) is 7.41. The Morgan fingerprint density at radius 2 is 2.00 bits per heavy atom. The molecule has 0 aliphatic carbocycles. The number of hydrogen-bond donors (Lipinski definition) is 0. The molecule has 0 saturated carbocycles. The number of nitriles is 1. The Hall–Kier alpha value is -1.55. The van der Waals surface area contributed by atoms with Gasteiger partial charge in [-0.1, -0.05) is 52.0 Å². The van der Waals surface area contributed by atoms with Crippen LogP contribution in [0, 0.1) is 17.2 Å². The van der Waals surface area contributed by atoms with Crippen LogP contribution < -0.4 is 0 Å². The van der Waals surface area contributed by atoms with E-state index in [9.17, 15) is 5.26 Å². The molecule has 0 N–H and O–H groups in total. The van der Waals surface area contributed by atoms with Crippen LogP contribution in [0.4, 0.5) is 0 Å². The summed E-state index contributed by atoms with van der Waals surface area (Å²) in [4.78, 5) is 0. The topological polar surface area (TPSA) is 23.8 Å².